The summed E-state index contributed by atoms with van der Waals surface area (Å²) >= 11 is 0. The van der Waals surface area contributed by atoms with Gasteiger partial charge in [0, 0.05) is 43.9 Å². The number of carboxylic acid groups (broad SMARTS) is 1. The molecule has 0 saturated carbocycles. The van der Waals surface area contributed by atoms with Gasteiger partial charge in [-0.25, -0.2) is 8.78 Å². The van der Waals surface area contributed by atoms with E-state index in [1.807, 2.05) is 18.7 Å². The van der Waals surface area contributed by atoms with E-state index >= 15 is 0 Å². The maximum Gasteiger partial charge on any atom is 0.320 e. The highest BCUT2D eigenvalue weighted by Gasteiger charge is 2.30. The summed E-state index contributed by atoms with van der Waals surface area (Å²) in [5, 5.41) is 9.25. The van der Waals surface area contributed by atoms with Crippen LogP contribution in [0.5, 0.6) is 0 Å². The molecule has 23 heavy (non-hydrogen) atoms. The number of nitrogens with zero attached hydrogens (tertiary/aromatic N) is 2. The van der Waals surface area contributed by atoms with Gasteiger partial charge in [-0.2, -0.15) is 0 Å². The number of hydrogen-bond acceptors (Lipinski definition) is 3. The number of carbonyl (C=O) groups is 1. The van der Waals surface area contributed by atoms with E-state index in [0.717, 1.165) is 12.5 Å². The zero-order valence-electron chi connectivity index (χ0n) is 13.6. The van der Waals surface area contributed by atoms with E-state index in [4.69, 9.17) is 0 Å². The Morgan fingerprint density at radius 2 is 1.74 bits per heavy atom. The van der Waals surface area contributed by atoms with E-state index < -0.39 is 23.6 Å². The van der Waals surface area contributed by atoms with Crippen molar-refractivity contribution in [2.75, 3.05) is 26.2 Å². The number of aliphatic carboxylic acids is 1. The van der Waals surface area contributed by atoms with Crippen molar-refractivity contribution in [2.45, 2.75) is 38.8 Å². The Bertz CT molecular complexity index is 545. The molecule has 0 unspecified atom stereocenters. The molecule has 1 aromatic carbocycles. The largest absolute Gasteiger partial charge is 0.480 e. The van der Waals surface area contributed by atoms with Crippen molar-refractivity contribution < 1.29 is 18.7 Å². The Kier molecular flexibility index (Phi) is 6.07. The highest BCUT2D eigenvalue weighted by Crippen LogP contribution is 2.28. The second-order valence-electron chi connectivity index (χ2n) is 5.92. The lowest BCUT2D eigenvalue weighted by molar-refractivity contribution is -0.144. The van der Waals surface area contributed by atoms with E-state index in [1.54, 1.807) is 0 Å². The molecule has 6 heteroatoms. The van der Waals surface area contributed by atoms with Gasteiger partial charge in [-0.3, -0.25) is 14.6 Å². The standard InChI is InChI=1S/C17H24F2N2O2/c1-3-15(13-6-5-12(18)11-14(13)19)20-7-9-21(10-8-20)16(4-2)17(22)23/h5-6,11,15-16H,3-4,7-10H2,1-2H3,(H,22,23)/t15-,16+/m0/s1. The van der Waals surface area contributed by atoms with Crippen LogP contribution in [0.1, 0.15) is 38.3 Å². The topological polar surface area (TPSA) is 43.8 Å². The van der Waals surface area contributed by atoms with Crippen molar-refractivity contribution in [2.24, 2.45) is 0 Å². The summed E-state index contributed by atoms with van der Waals surface area (Å²) in [5.74, 6) is -1.88. The maximum atomic E-state index is 14.1. The molecular weight excluding hydrogens is 302 g/mol. The minimum atomic E-state index is -0.794. The number of piperazine rings is 1. The Labute approximate surface area is 135 Å². The van der Waals surface area contributed by atoms with Crippen molar-refractivity contribution in [3.05, 3.63) is 35.4 Å². The first-order chi connectivity index (χ1) is 11.0. The molecule has 0 aromatic heterocycles. The summed E-state index contributed by atoms with van der Waals surface area (Å²) in [7, 11) is 0. The highest BCUT2D eigenvalue weighted by molar-refractivity contribution is 5.73. The van der Waals surface area contributed by atoms with E-state index in [9.17, 15) is 18.7 Å². The summed E-state index contributed by atoms with van der Waals surface area (Å²) in [6, 6.07) is 3.15. The van der Waals surface area contributed by atoms with Crippen molar-refractivity contribution in [3.8, 4) is 0 Å². The van der Waals surface area contributed by atoms with E-state index in [-0.39, 0.29) is 6.04 Å². The molecule has 0 bridgehead atoms. The molecule has 1 aromatic rings. The van der Waals surface area contributed by atoms with E-state index in [0.29, 0.717) is 38.2 Å². The average molecular weight is 326 g/mol. The van der Waals surface area contributed by atoms with Crippen LogP contribution in [0.25, 0.3) is 0 Å². The molecule has 0 aliphatic carbocycles. The van der Waals surface area contributed by atoms with Crippen molar-refractivity contribution in [1.29, 1.82) is 0 Å². The fourth-order valence-electron chi connectivity index (χ4n) is 3.40. The summed E-state index contributed by atoms with van der Waals surface area (Å²) in [4.78, 5) is 15.4. The Morgan fingerprint density at radius 3 is 2.22 bits per heavy atom. The molecule has 1 aliphatic heterocycles. The Balaban J connectivity index is 2.06. The predicted octanol–water partition coefficient (Wildman–Crippen LogP) is 2.90. The smallest absolute Gasteiger partial charge is 0.320 e. The summed E-state index contributed by atoms with van der Waals surface area (Å²) in [6.07, 6.45) is 1.29. The maximum absolute atomic E-state index is 14.1. The molecule has 2 rings (SSSR count). The number of halogens is 2. The van der Waals surface area contributed by atoms with Crippen molar-refractivity contribution >= 4 is 5.97 Å². The summed E-state index contributed by atoms with van der Waals surface area (Å²) < 4.78 is 27.1. The molecule has 1 fully saturated rings. The third kappa shape index (κ3) is 4.06. The van der Waals surface area contributed by atoms with Gasteiger partial charge < -0.3 is 5.11 Å². The molecule has 0 amide bonds. The number of rotatable bonds is 6. The second-order valence-corrected chi connectivity index (χ2v) is 5.92. The third-order valence-corrected chi connectivity index (χ3v) is 4.61. The van der Waals surface area contributed by atoms with Gasteiger partial charge in [0.1, 0.15) is 17.7 Å². The van der Waals surface area contributed by atoms with Crippen LogP contribution in [-0.4, -0.2) is 53.1 Å². The lowest BCUT2D eigenvalue weighted by Crippen LogP contribution is -2.53. The van der Waals surface area contributed by atoms with E-state index in [1.165, 1.54) is 12.1 Å². The second kappa shape index (κ2) is 7.84. The first-order valence-corrected chi connectivity index (χ1v) is 8.13. The molecule has 1 aliphatic rings. The third-order valence-electron chi connectivity index (χ3n) is 4.61. The quantitative estimate of drug-likeness (QED) is 0.873. The molecule has 1 heterocycles. The van der Waals surface area contributed by atoms with Crippen molar-refractivity contribution in [3.63, 3.8) is 0 Å². The van der Waals surface area contributed by atoms with Crippen LogP contribution in [0, 0.1) is 11.6 Å². The number of benzene rings is 1. The van der Waals surface area contributed by atoms with Crippen LogP contribution in [0.2, 0.25) is 0 Å². The minimum absolute atomic E-state index is 0.109. The molecular formula is C17H24F2N2O2. The molecule has 128 valence electrons. The highest BCUT2D eigenvalue weighted by atomic mass is 19.1. The number of hydrogen-bond donors (Lipinski definition) is 1. The zero-order chi connectivity index (χ0) is 17.0. The molecule has 1 N–H and O–H groups in total. The van der Waals surface area contributed by atoms with Crippen LogP contribution in [0.4, 0.5) is 8.78 Å². The van der Waals surface area contributed by atoms with Crippen LogP contribution in [0.15, 0.2) is 18.2 Å². The van der Waals surface area contributed by atoms with Gasteiger partial charge in [0.25, 0.3) is 0 Å². The molecule has 0 spiro atoms. The van der Waals surface area contributed by atoms with Crippen LogP contribution < -0.4 is 0 Å². The van der Waals surface area contributed by atoms with Gasteiger partial charge in [0.2, 0.25) is 0 Å². The zero-order valence-corrected chi connectivity index (χ0v) is 13.6. The summed E-state index contributed by atoms with van der Waals surface area (Å²) in [5.41, 5.74) is 0.507. The minimum Gasteiger partial charge on any atom is -0.480 e. The molecule has 4 nitrogen and oxygen atoms in total. The fourth-order valence-corrected chi connectivity index (χ4v) is 3.40. The lowest BCUT2D eigenvalue weighted by Gasteiger charge is -2.41. The SMILES string of the molecule is CC[C@H](C(=O)O)N1CCN([C@@H](CC)c2ccc(F)cc2F)CC1. The van der Waals surface area contributed by atoms with Crippen LogP contribution in [-0.2, 0) is 4.79 Å². The Hall–Kier alpha value is -1.53. The van der Waals surface area contributed by atoms with Crippen LogP contribution in [0.3, 0.4) is 0 Å². The first kappa shape index (κ1) is 17.8. The first-order valence-electron chi connectivity index (χ1n) is 8.13. The van der Waals surface area contributed by atoms with Crippen LogP contribution >= 0.6 is 0 Å². The lowest BCUT2D eigenvalue weighted by atomic mass is 10.0. The van der Waals surface area contributed by atoms with Gasteiger partial charge in [0.15, 0.2) is 0 Å². The average Bonchev–Trinajstić information content (AvgIpc) is 2.52. The molecule has 2 atom stereocenters. The Morgan fingerprint density at radius 1 is 1.13 bits per heavy atom. The van der Waals surface area contributed by atoms with Crippen molar-refractivity contribution in [1.82, 2.24) is 9.80 Å². The van der Waals surface area contributed by atoms with Gasteiger partial charge in [-0.15, -0.1) is 0 Å². The van der Waals surface area contributed by atoms with Gasteiger partial charge in [-0.1, -0.05) is 19.9 Å². The van der Waals surface area contributed by atoms with E-state index in [2.05, 4.69) is 4.90 Å². The fraction of sp³-hybridized carbons (Fsp3) is 0.588. The predicted molar refractivity (Wildman–Crippen MR) is 84.3 cm³/mol. The normalized spacial score (nSPS) is 19.5. The van der Waals surface area contributed by atoms with Gasteiger partial charge >= 0.3 is 5.97 Å². The monoisotopic (exact) mass is 326 g/mol. The number of carboxylic acids is 1. The molecule has 0 radical (unpaired) electrons. The summed E-state index contributed by atoms with van der Waals surface area (Å²) in [6.45, 7) is 6.49. The van der Waals surface area contributed by atoms with Gasteiger partial charge in [0.05, 0.1) is 0 Å². The molecule has 1 saturated heterocycles. The van der Waals surface area contributed by atoms with Gasteiger partial charge in [-0.05, 0) is 18.9 Å².